The molecule has 2 aliphatic rings. The van der Waals surface area contributed by atoms with Gasteiger partial charge in [-0.3, -0.25) is 9.78 Å². The summed E-state index contributed by atoms with van der Waals surface area (Å²) in [4.78, 5) is 36.0. The van der Waals surface area contributed by atoms with Crippen LogP contribution in [0.25, 0.3) is 16.6 Å². The Morgan fingerprint density at radius 3 is 2.82 bits per heavy atom. The van der Waals surface area contributed by atoms with Gasteiger partial charge < -0.3 is 19.5 Å². The first-order valence-electron chi connectivity index (χ1n) is 11.0. The van der Waals surface area contributed by atoms with Crippen LogP contribution in [0.5, 0.6) is 0 Å². The van der Waals surface area contributed by atoms with Crippen LogP contribution in [0.2, 0.25) is 0 Å². The molecule has 0 bridgehead atoms. The Morgan fingerprint density at radius 1 is 1.21 bits per heavy atom. The lowest BCUT2D eigenvalue weighted by molar-refractivity contribution is -0.107. The summed E-state index contributed by atoms with van der Waals surface area (Å²) in [5.41, 5.74) is 0.0202. The Labute approximate surface area is 187 Å². The molecule has 0 saturated carbocycles. The summed E-state index contributed by atoms with van der Waals surface area (Å²) in [6.07, 6.45) is 6.45. The summed E-state index contributed by atoms with van der Waals surface area (Å²) in [5.74, 6) is -2.69. The summed E-state index contributed by atoms with van der Waals surface area (Å²) in [6, 6.07) is 1.64. The van der Waals surface area contributed by atoms with Crippen molar-refractivity contribution < 1.29 is 13.5 Å². The molecule has 1 atom stereocenters. The molecule has 2 aliphatic heterocycles. The summed E-state index contributed by atoms with van der Waals surface area (Å²) in [7, 11) is 0. The van der Waals surface area contributed by atoms with E-state index >= 15 is 0 Å². The lowest BCUT2D eigenvalue weighted by Crippen LogP contribution is -2.38. The second kappa shape index (κ2) is 8.67. The predicted octanol–water partition coefficient (Wildman–Crippen LogP) is 1.10. The summed E-state index contributed by atoms with van der Waals surface area (Å²) in [6.45, 7) is 2.37. The Balaban J connectivity index is 1.34. The molecule has 10 nitrogen and oxygen atoms in total. The number of halogens is 2. The number of aromatic amines is 2. The third kappa shape index (κ3) is 4.40. The number of hydrogen-bond acceptors (Lipinski definition) is 7. The first-order chi connectivity index (χ1) is 15.9. The van der Waals surface area contributed by atoms with Gasteiger partial charge in [-0.2, -0.15) is 5.10 Å². The molecule has 0 radical (unpaired) electrons. The average molecular weight is 461 g/mol. The van der Waals surface area contributed by atoms with E-state index in [1.54, 1.807) is 12.3 Å². The number of nitrogens with zero attached hydrogens (tertiary/aromatic N) is 5. The number of likely N-dealkylation sites (tertiary alicyclic amines) is 1. The number of rotatable bonds is 6. The van der Waals surface area contributed by atoms with E-state index in [4.69, 9.17) is 4.74 Å². The largest absolute Gasteiger partial charge is 0.369 e. The van der Waals surface area contributed by atoms with Crippen LogP contribution >= 0.6 is 0 Å². The van der Waals surface area contributed by atoms with Gasteiger partial charge >= 0.3 is 5.69 Å². The van der Waals surface area contributed by atoms with Gasteiger partial charge in [-0.25, -0.2) is 23.1 Å². The fourth-order valence-electron chi connectivity index (χ4n) is 4.53. The molecule has 5 heterocycles. The molecule has 0 aromatic carbocycles. The highest BCUT2D eigenvalue weighted by molar-refractivity contribution is 5.77. The number of fused-ring (bicyclic) bond motifs is 1. The van der Waals surface area contributed by atoms with Crippen molar-refractivity contribution in [1.82, 2.24) is 29.5 Å². The van der Waals surface area contributed by atoms with Crippen molar-refractivity contribution in [2.75, 3.05) is 44.2 Å². The minimum Gasteiger partial charge on any atom is -0.369 e. The smallest absolute Gasteiger partial charge is 0.325 e. The van der Waals surface area contributed by atoms with Gasteiger partial charge in [-0.1, -0.05) is 6.42 Å². The molecule has 2 fully saturated rings. The third-order valence-electron chi connectivity index (χ3n) is 6.25. The van der Waals surface area contributed by atoms with Crippen molar-refractivity contribution in [2.24, 2.45) is 0 Å². The molecule has 2 saturated heterocycles. The zero-order valence-corrected chi connectivity index (χ0v) is 18.0. The van der Waals surface area contributed by atoms with Gasteiger partial charge in [0.15, 0.2) is 5.82 Å². The molecular formula is C21H25F2N7O3. The number of hydrogen-bond donors (Lipinski definition) is 2. The molecular weight excluding hydrogens is 436 g/mol. The number of piperidine rings is 1. The fourth-order valence-corrected chi connectivity index (χ4v) is 4.53. The van der Waals surface area contributed by atoms with E-state index in [-0.39, 0.29) is 18.7 Å². The van der Waals surface area contributed by atoms with Crippen LogP contribution in [-0.4, -0.2) is 80.8 Å². The van der Waals surface area contributed by atoms with E-state index in [1.165, 1.54) is 28.4 Å². The predicted molar refractivity (Wildman–Crippen MR) is 117 cm³/mol. The summed E-state index contributed by atoms with van der Waals surface area (Å²) < 4.78 is 36.6. The Bertz CT molecular complexity index is 1250. The maximum atomic E-state index is 14.8. The minimum atomic E-state index is -3.02. The topological polar surface area (TPSA) is 112 Å². The first kappa shape index (κ1) is 21.7. The highest BCUT2D eigenvalue weighted by Crippen LogP contribution is 2.34. The van der Waals surface area contributed by atoms with Crippen LogP contribution in [0, 0.1) is 0 Å². The van der Waals surface area contributed by atoms with Crippen LogP contribution in [0.4, 0.5) is 14.6 Å². The zero-order valence-electron chi connectivity index (χ0n) is 18.0. The van der Waals surface area contributed by atoms with Gasteiger partial charge in [-0.05, 0) is 32.0 Å². The van der Waals surface area contributed by atoms with E-state index < -0.39 is 29.8 Å². The minimum absolute atomic E-state index is 0.000569. The van der Waals surface area contributed by atoms with Crippen LogP contribution < -0.4 is 16.1 Å². The van der Waals surface area contributed by atoms with E-state index in [0.717, 1.165) is 25.9 Å². The van der Waals surface area contributed by atoms with E-state index in [9.17, 15) is 18.4 Å². The lowest BCUT2D eigenvalue weighted by Gasteiger charge is -2.27. The van der Waals surface area contributed by atoms with Crippen molar-refractivity contribution in [2.45, 2.75) is 31.3 Å². The van der Waals surface area contributed by atoms with Crippen LogP contribution in [-0.2, 0) is 4.74 Å². The molecule has 3 aromatic rings. The van der Waals surface area contributed by atoms with Crippen molar-refractivity contribution in [3.63, 3.8) is 0 Å². The van der Waals surface area contributed by atoms with Crippen molar-refractivity contribution in [1.29, 1.82) is 0 Å². The fraction of sp³-hybridized carbons (Fsp3) is 0.524. The van der Waals surface area contributed by atoms with Gasteiger partial charge in [-0.15, -0.1) is 0 Å². The van der Waals surface area contributed by atoms with Crippen LogP contribution in [0.3, 0.4) is 0 Å². The molecule has 0 aliphatic carbocycles. The maximum Gasteiger partial charge on any atom is 0.325 e. The Morgan fingerprint density at radius 2 is 2.03 bits per heavy atom. The third-order valence-corrected chi connectivity index (χ3v) is 6.25. The van der Waals surface area contributed by atoms with Crippen molar-refractivity contribution in [3.05, 3.63) is 45.6 Å². The Hall–Kier alpha value is -3.12. The number of nitrogens with one attached hydrogen (secondary N) is 2. The summed E-state index contributed by atoms with van der Waals surface area (Å²) >= 11 is 0. The van der Waals surface area contributed by atoms with E-state index in [2.05, 4.69) is 25.0 Å². The molecule has 1 unspecified atom stereocenters. The zero-order chi connectivity index (χ0) is 23.0. The second-order valence-electron chi connectivity index (χ2n) is 8.53. The summed E-state index contributed by atoms with van der Waals surface area (Å²) in [5, 5.41) is 4.13. The monoisotopic (exact) mass is 461 g/mol. The van der Waals surface area contributed by atoms with Crippen molar-refractivity contribution >= 4 is 11.3 Å². The number of aromatic nitrogens is 5. The molecule has 3 aromatic heterocycles. The normalized spacial score (nSPS) is 21.2. The highest BCUT2D eigenvalue weighted by Gasteiger charge is 2.49. The van der Waals surface area contributed by atoms with Gasteiger partial charge in [0.2, 0.25) is 0 Å². The molecule has 0 spiro atoms. The van der Waals surface area contributed by atoms with E-state index in [1.807, 2.05) is 0 Å². The Kier molecular flexibility index (Phi) is 5.71. The molecule has 176 valence electrons. The number of ether oxygens (including phenoxy) is 1. The van der Waals surface area contributed by atoms with Crippen LogP contribution in [0.15, 0.2) is 34.4 Å². The second-order valence-corrected chi connectivity index (χ2v) is 8.53. The standard InChI is InChI=1S/C21H25F2N7O3/c22-21(23)12-29(11-17(21)33-7-6-28-4-2-1-3-5-28)18-16-8-14(10-30(16)26-13-25-18)15-9-24-20(32)27-19(15)31/h8-10,13,17H,1-7,11-12H2,(H2,24,27,31,32). The van der Waals surface area contributed by atoms with Crippen molar-refractivity contribution in [3.8, 4) is 11.1 Å². The average Bonchev–Trinajstić information content (AvgIpc) is 3.34. The van der Waals surface area contributed by atoms with Gasteiger partial charge in [0.05, 0.1) is 25.3 Å². The molecule has 0 amide bonds. The maximum absolute atomic E-state index is 14.8. The number of H-pyrrole nitrogens is 2. The number of anilines is 1. The lowest BCUT2D eigenvalue weighted by atomic mass is 10.1. The molecule has 12 heteroatoms. The van der Waals surface area contributed by atoms with Gasteiger partial charge in [0, 0.05) is 24.5 Å². The SMILES string of the molecule is O=c1[nH]cc(-c2cc3c(N4CC(OCCN5CCCCC5)C(F)(F)C4)ncnn3c2)c(=O)[nH]1. The quantitative estimate of drug-likeness (QED) is 0.565. The van der Waals surface area contributed by atoms with Gasteiger partial charge in [0.1, 0.15) is 17.9 Å². The molecule has 2 N–H and O–H groups in total. The molecule has 33 heavy (non-hydrogen) atoms. The van der Waals surface area contributed by atoms with Crippen LogP contribution in [0.1, 0.15) is 19.3 Å². The number of alkyl halides is 2. The first-order valence-corrected chi connectivity index (χ1v) is 11.0. The van der Waals surface area contributed by atoms with Gasteiger partial charge in [0.25, 0.3) is 11.5 Å². The highest BCUT2D eigenvalue weighted by atomic mass is 19.3. The van der Waals surface area contributed by atoms with E-state index in [0.29, 0.717) is 23.4 Å². The molecule has 5 rings (SSSR count).